The van der Waals surface area contributed by atoms with E-state index in [2.05, 4.69) is 36.7 Å². The lowest BCUT2D eigenvalue weighted by Gasteiger charge is -2.27. The Bertz CT molecular complexity index is 551. The molecular formula is C16H23N3. The van der Waals surface area contributed by atoms with Crippen LogP contribution in [0, 0.1) is 0 Å². The van der Waals surface area contributed by atoms with E-state index < -0.39 is 0 Å². The van der Waals surface area contributed by atoms with E-state index in [9.17, 15) is 0 Å². The van der Waals surface area contributed by atoms with Gasteiger partial charge in [-0.25, -0.2) is 0 Å². The number of hydrogen-bond donors (Lipinski definition) is 1. The minimum atomic E-state index is 0.585. The summed E-state index contributed by atoms with van der Waals surface area (Å²) in [7, 11) is 0. The van der Waals surface area contributed by atoms with Gasteiger partial charge in [-0.15, -0.1) is 0 Å². The Hall–Kier alpha value is -1.61. The van der Waals surface area contributed by atoms with Crippen LogP contribution in [0.4, 0.5) is 5.69 Å². The molecule has 0 spiro atoms. The van der Waals surface area contributed by atoms with Gasteiger partial charge in [0, 0.05) is 29.9 Å². The molecule has 0 saturated carbocycles. The number of nitrogens with two attached hydrogens (primary N) is 1. The third-order valence-electron chi connectivity index (χ3n) is 3.88. The zero-order valence-electron chi connectivity index (χ0n) is 12.1. The Morgan fingerprint density at radius 2 is 2.05 bits per heavy atom. The summed E-state index contributed by atoms with van der Waals surface area (Å²) in [5.74, 6) is 0. The molecule has 0 bridgehead atoms. The Morgan fingerprint density at radius 3 is 2.74 bits per heavy atom. The van der Waals surface area contributed by atoms with Crippen molar-refractivity contribution >= 4 is 16.6 Å². The number of anilines is 1. The molecule has 0 aliphatic rings. The molecular weight excluding hydrogens is 234 g/mol. The van der Waals surface area contributed by atoms with Crippen LogP contribution in [0.25, 0.3) is 10.9 Å². The topological polar surface area (TPSA) is 42.1 Å². The highest BCUT2D eigenvalue weighted by Crippen LogP contribution is 2.24. The first-order valence-electron chi connectivity index (χ1n) is 7.03. The van der Waals surface area contributed by atoms with Gasteiger partial charge in [0.1, 0.15) is 0 Å². The molecule has 0 aliphatic heterocycles. The standard InChI is InChI=1S/C16H23N3/c1-4-12(3)19(5-2)11-13-8-9-15(17)14-7-6-10-18-16(13)14/h6-10,12H,4-5,11,17H2,1-3H3. The first kappa shape index (κ1) is 13.8. The lowest BCUT2D eigenvalue weighted by atomic mass is 10.1. The maximum absolute atomic E-state index is 6.02. The summed E-state index contributed by atoms with van der Waals surface area (Å²) >= 11 is 0. The normalized spacial score (nSPS) is 13.1. The molecule has 1 aromatic heterocycles. The quantitative estimate of drug-likeness (QED) is 0.834. The summed E-state index contributed by atoms with van der Waals surface area (Å²) in [6.07, 6.45) is 3.00. The third-order valence-corrected chi connectivity index (χ3v) is 3.88. The number of pyridine rings is 1. The predicted molar refractivity (Wildman–Crippen MR) is 82.0 cm³/mol. The Labute approximate surface area is 115 Å². The molecule has 0 saturated heterocycles. The van der Waals surface area contributed by atoms with Gasteiger partial charge in [-0.2, -0.15) is 0 Å². The van der Waals surface area contributed by atoms with Gasteiger partial charge in [0.05, 0.1) is 5.52 Å². The zero-order valence-corrected chi connectivity index (χ0v) is 12.1. The highest BCUT2D eigenvalue weighted by Gasteiger charge is 2.13. The van der Waals surface area contributed by atoms with E-state index in [1.54, 1.807) is 0 Å². The van der Waals surface area contributed by atoms with Crippen LogP contribution in [0.3, 0.4) is 0 Å². The van der Waals surface area contributed by atoms with Crippen LogP contribution in [0.2, 0.25) is 0 Å². The number of nitrogen functional groups attached to an aromatic ring is 1. The van der Waals surface area contributed by atoms with E-state index in [1.807, 2.05) is 24.4 Å². The number of benzene rings is 1. The van der Waals surface area contributed by atoms with Crippen molar-refractivity contribution < 1.29 is 0 Å². The highest BCUT2D eigenvalue weighted by molar-refractivity contribution is 5.92. The van der Waals surface area contributed by atoms with Crippen molar-refractivity contribution in [2.75, 3.05) is 12.3 Å². The van der Waals surface area contributed by atoms with Crippen LogP contribution in [0.1, 0.15) is 32.8 Å². The van der Waals surface area contributed by atoms with Crippen molar-refractivity contribution in [1.29, 1.82) is 0 Å². The van der Waals surface area contributed by atoms with Gasteiger partial charge in [0.25, 0.3) is 0 Å². The summed E-state index contributed by atoms with van der Waals surface area (Å²) in [4.78, 5) is 6.98. The zero-order chi connectivity index (χ0) is 13.8. The van der Waals surface area contributed by atoms with Gasteiger partial charge in [-0.05, 0) is 43.7 Å². The average molecular weight is 257 g/mol. The molecule has 1 atom stereocenters. The second-order valence-corrected chi connectivity index (χ2v) is 5.03. The molecule has 0 aliphatic carbocycles. The summed E-state index contributed by atoms with van der Waals surface area (Å²) < 4.78 is 0. The van der Waals surface area contributed by atoms with E-state index in [4.69, 9.17) is 5.73 Å². The van der Waals surface area contributed by atoms with E-state index in [0.29, 0.717) is 6.04 Å². The number of hydrogen-bond acceptors (Lipinski definition) is 3. The fraction of sp³-hybridized carbons (Fsp3) is 0.438. The lowest BCUT2D eigenvalue weighted by Crippen LogP contribution is -2.31. The van der Waals surface area contributed by atoms with Crippen molar-refractivity contribution in [2.24, 2.45) is 0 Å². The molecule has 0 fully saturated rings. The van der Waals surface area contributed by atoms with E-state index in [-0.39, 0.29) is 0 Å². The molecule has 3 heteroatoms. The van der Waals surface area contributed by atoms with Crippen LogP contribution >= 0.6 is 0 Å². The molecule has 19 heavy (non-hydrogen) atoms. The van der Waals surface area contributed by atoms with Crippen molar-refractivity contribution in [2.45, 2.75) is 39.8 Å². The molecule has 2 rings (SSSR count). The van der Waals surface area contributed by atoms with E-state index in [0.717, 1.165) is 36.1 Å². The average Bonchev–Trinajstić information content (AvgIpc) is 2.46. The van der Waals surface area contributed by atoms with Gasteiger partial charge in [-0.1, -0.05) is 19.9 Å². The maximum atomic E-state index is 6.02. The number of nitrogens with zero attached hydrogens (tertiary/aromatic N) is 2. The summed E-state index contributed by atoms with van der Waals surface area (Å²) in [6, 6.07) is 8.66. The molecule has 0 amide bonds. The molecule has 102 valence electrons. The van der Waals surface area contributed by atoms with Gasteiger partial charge >= 0.3 is 0 Å². The van der Waals surface area contributed by atoms with Gasteiger partial charge in [0.15, 0.2) is 0 Å². The fourth-order valence-electron chi connectivity index (χ4n) is 2.44. The van der Waals surface area contributed by atoms with Crippen molar-refractivity contribution in [3.05, 3.63) is 36.0 Å². The second-order valence-electron chi connectivity index (χ2n) is 5.03. The van der Waals surface area contributed by atoms with Crippen molar-refractivity contribution in [3.8, 4) is 0 Å². The first-order valence-corrected chi connectivity index (χ1v) is 7.03. The summed E-state index contributed by atoms with van der Waals surface area (Å²) in [5.41, 5.74) is 9.11. The van der Waals surface area contributed by atoms with Crippen LogP contribution in [0.15, 0.2) is 30.5 Å². The largest absolute Gasteiger partial charge is 0.398 e. The molecule has 2 aromatic rings. The van der Waals surface area contributed by atoms with Gasteiger partial charge in [0.2, 0.25) is 0 Å². The monoisotopic (exact) mass is 257 g/mol. The minimum absolute atomic E-state index is 0.585. The first-order chi connectivity index (χ1) is 9.17. The Morgan fingerprint density at radius 1 is 1.26 bits per heavy atom. The molecule has 3 nitrogen and oxygen atoms in total. The maximum Gasteiger partial charge on any atom is 0.0767 e. The number of fused-ring (bicyclic) bond motifs is 1. The molecule has 0 radical (unpaired) electrons. The minimum Gasteiger partial charge on any atom is -0.398 e. The van der Waals surface area contributed by atoms with E-state index >= 15 is 0 Å². The van der Waals surface area contributed by atoms with Crippen LogP contribution in [-0.2, 0) is 6.54 Å². The number of rotatable bonds is 5. The van der Waals surface area contributed by atoms with Gasteiger partial charge in [-0.3, -0.25) is 9.88 Å². The lowest BCUT2D eigenvalue weighted by molar-refractivity contribution is 0.206. The highest BCUT2D eigenvalue weighted by atomic mass is 15.1. The molecule has 1 heterocycles. The smallest absolute Gasteiger partial charge is 0.0767 e. The number of aromatic nitrogens is 1. The van der Waals surface area contributed by atoms with Crippen LogP contribution < -0.4 is 5.73 Å². The SMILES string of the molecule is CCC(C)N(CC)Cc1ccc(N)c2cccnc12. The molecule has 1 aromatic carbocycles. The van der Waals surface area contributed by atoms with Crippen molar-refractivity contribution in [1.82, 2.24) is 9.88 Å². The molecule has 1 unspecified atom stereocenters. The molecule has 2 N–H and O–H groups in total. The second kappa shape index (κ2) is 6.02. The van der Waals surface area contributed by atoms with Gasteiger partial charge < -0.3 is 5.73 Å². The summed E-state index contributed by atoms with van der Waals surface area (Å²) in [6.45, 7) is 8.69. The predicted octanol–water partition coefficient (Wildman–Crippen LogP) is 3.44. The Balaban J connectivity index is 2.38. The van der Waals surface area contributed by atoms with Crippen molar-refractivity contribution in [3.63, 3.8) is 0 Å². The van der Waals surface area contributed by atoms with Crippen LogP contribution in [-0.4, -0.2) is 22.5 Å². The third kappa shape index (κ3) is 2.87. The summed E-state index contributed by atoms with van der Waals surface area (Å²) in [5, 5.41) is 1.06. The van der Waals surface area contributed by atoms with Crippen LogP contribution in [0.5, 0.6) is 0 Å². The fourth-order valence-corrected chi connectivity index (χ4v) is 2.44. The van der Waals surface area contributed by atoms with E-state index in [1.165, 1.54) is 5.56 Å². The Kier molecular flexibility index (Phi) is 4.38.